The Hall–Kier alpha value is -2.09. The zero-order valence-corrected chi connectivity index (χ0v) is 18.5. The van der Waals surface area contributed by atoms with Crippen LogP contribution in [-0.4, -0.2) is 82.2 Å². The van der Waals surface area contributed by atoms with Gasteiger partial charge in [-0.2, -0.15) is 5.10 Å². The third-order valence-electron chi connectivity index (χ3n) is 7.21. The first-order chi connectivity index (χ1) is 14.5. The summed E-state index contributed by atoms with van der Waals surface area (Å²) < 4.78 is 1.92. The summed E-state index contributed by atoms with van der Waals surface area (Å²) in [6.07, 6.45) is 11.0. The Morgan fingerprint density at radius 2 is 1.83 bits per heavy atom. The zero-order valence-electron chi connectivity index (χ0n) is 18.5. The molecule has 1 N–H and O–H groups in total. The molecule has 1 aliphatic heterocycles. The summed E-state index contributed by atoms with van der Waals surface area (Å²) in [5, 5.41) is 7.58. The van der Waals surface area contributed by atoms with Gasteiger partial charge < -0.3 is 15.1 Å². The molecule has 2 heterocycles. The third kappa shape index (κ3) is 4.63. The Morgan fingerprint density at radius 1 is 1.10 bits per heavy atom. The Kier molecular flexibility index (Phi) is 6.61. The van der Waals surface area contributed by atoms with Gasteiger partial charge in [-0.05, 0) is 32.1 Å². The number of aromatic nitrogens is 2. The van der Waals surface area contributed by atoms with Crippen LogP contribution in [-0.2, 0) is 18.3 Å². The van der Waals surface area contributed by atoms with Crippen LogP contribution in [0.25, 0.3) is 0 Å². The molecule has 3 amide bonds. The molecule has 0 radical (unpaired) electrons. The van der Waals surface area contributed by atoms with Crippen molar-refractivity contribution >= 4 is 11.9 Å². The Bertz CT molecular complexity index is 749. The van der Waals surface area contributed by atoms with Crippen LogP contribution in [0.3, 0.4) is 0 Å². The van der Waals surface area contributed by atoms with Gasteiger partial charge in [0.2, 0.25) is 5.91 Å². The number of nitrogens with zero attached hydrogens (tertiary/aromatic N) is 5. The Balaban J connectivity index is 1.23. The van der Waals surface area contributed by atoms with E-state index in [9.17, 15) is 9.59 Å². The predicted octanol–water partition coefficient (Wildman–Crippen LogP) is 1.92. The maximum atomic E-state index is 12.8. The number of urea groups is 1. The SMILES string of the molecule is CN(C(=O)CN1CCN(C(=O)NC2CCCc3c2cnn3C)CC1)C1CCCCC1. The van der Waals surface area contributed by atoms with Gasteiger partial charge in [0.25, 0.3) is 0 Å². The molecule has 1 unspecified atom stereocenters. The zero-order chi connectivity index (χ0) is 21.1. The fourth-order valence-electron chi connectivity index (χ4n) is 5.18. The molecule has 3 aliphatic rings. The molecule has 1 aromatic heterocycles. The molecular formula is C22H36N6O2. The van der Waals surface area contributed by atoms with E-state index in [-0.39, 0.29) is 18.0 Å². The van der Waals surface area contributed by atoms with Crippen LogP contribution in [0.15, 0.2) is 6.20 Å². The van der Waals surface area contributed by atoms with Crippen LogP contribution in [0.4, 0.5) is 4.79 Å². The first-order valence-electron chi connectivity index (χ1n) is 11.6. The van der Waals surface area contributed by atoms with Crippen LogP contribution in [0.1, 0.15) is 62.2 Å². The van der Waals surface area contributed by atoms with Gasteiger partial charge >= 0.3 is 6.03 Å². The highest BCUT2D eigenvalue weighted by Crippen LogP contribution is 2.29. The molecule has 166 valence electrons. The number of hydrogen-bond donors (Lipinski definition) is 1. The summed E-state index contributed by atoms with van der Waals surface area (Å²) in [4.78, 5) is 31.5. The molecule has 1 saturated carbocycles. The number of piperazine rings is 1. The molecule has 0 bridgehead atoms. The number of rotatable bonds is 4. The summed E-state index contributed by atoms with van der Waals surface area (Å²) in [7, 11) is 3.92. The fourth-order valence-corrected chi connectivity index (χ4v) is 5.18. The van der Waals surface area contributed by atoms with Crippen LogP contribution in [0.5, 0.6) is 0 Å². The lowest BCUT2D eigenvalue weighted by molar-refractivity contribution is -0.134. The molecule has 1 atom stereocenters. The molecule has 1 saturated heterocycles. The quantitative estimate of drug-likeness (QED) is 0.814. The van der Waals surface area contributed by atoms with Crippen molar-refractivity contribution in [2.75, 3.05) is 39.8 Å². The largest absolute Gasteiger partial charge is 0.342 e. The third-order valence-corrected chi connectivity index (χ3v) is 7.21. The van der Waals surface area contributed by atoms with Crippen molar-refractivity contribution in [2.45, 2.75) is 63.5 Å². The van der Waals surface area contributed by atoms with Gasteiger partial charge in [0.05, 0.1) is 18.8 Å². The summed E-state index contributed by atoms with van der Waals surface area (Å²) in [6, 6.07) is 0.465. The molecule has 0 aromatic carbocycles. The van der Waals surface area contributed by atoms with E-state index in [2.05, 4.69) is 15.3 Å². The number of fused-ring (bicyclic) bond motifs is 1. The van der Waals surface area contributed by atoms with Gasteiger partial charge in [-0.3, -0.25) is 14.4 Å². The van der Waals surface area contributed by atoms with Gasteiger partial charge in [-0.25, -0.2) is 4.79 Å². The maximum absolute atomic E-state index is 12.8. The second-order valence-corrected chi connectivity index (χ2v) is 9.12. The first-order valence-corrected chi connectivity index (χ1v) is 11.6. The lowest BCUT2D eigenvalue weighted by Crippen LogP contribution is -2.54. The molecule has 8 nitrogen and oxygen atoms in total. The highest BCUT2D eigenvalue weighted by Gasteiger charge is 2.29. The Morgan fingerprint density at radius 3 is 2.57 bits per heavy atom. The fraction of sp³-hybridized carbons (Fsp3) is 0.773. The summed E-state index contributed by atoms with van der Waals surface area (Å²) in [6.45, 7) is 3.29. The number of nitrogens with one attached hydrogen (secondary N) is 1. The van der Waals surface area contributed by atoms with Crippen molar-refractivity contribution in [1.29, 1.82) is 0 Å². The molecule has 30 heavy (non-hydrogen) atoms. The molecule has 1 aromatic rings. The van der Waals surface area contributed by atoms with Crippen LogP contribution >= 0.6 is 0 Å². The topological polar surface area (TPSA) is 73.7 Å². The number of likely N-dealkylation sites (N-methyl/N-ethyl adjacent to an activating group) is 1. The Labute approximate surface area is 179 Å². The van der Waals surface area contributed by atoms with E-state index in [4.69, 9.17) is 0 Å². The smallest absolute Gasteiger partial charge is 0.317 e. The van der Waals surface area contributed by atoms with Gasteiger partial charge in [-0.1, -0.05) is 19.3 Å². The molecule has 0 spiro atoms. The number of aryl methyl sites for hydroxylation is 1. The van der Waals surface area contributed by atoms with E-state index >= 15 is 0 Å². The van der Waals surface area contributed by atoms with Crippen LogP contribution in [0, 0.1) is 0 Å². The lowest BCUT2D eigenvalue weighted by Gasteiger charge is -2.37. The molecule has 2 fully saturated rings. The number of carbonyl (C=O) groups excluding carboxylic acids is 2. The summed E-state index contributed by atoms with van der Waals surface area (Å²) in [5.41, 5.74) is 2.39. The normalized spacial score (nSPS) is 23.1. The molecule has 8 heteroatoms. The highest BCUT2D eigenvalue weighted by atomic mass is 16.2. The number of carbonyl (C=O) groups is 2. The van der Waals surface area contributed by atoms with Crippen molar-refractivity contribution in [3.8, 4) is 0 Å². The maximum Gasteiger partial charge on any atom is 0.317 e. The van der Waals surface area contributed by atoms with Crippen molar-refractivity contribution < 1.29 is 9.59 Å². The lowest BCUT2D eigenvalue weighted by atomic mass is 9.93. The minimum Gasteiger partial charge on any atom is -0.342 e. The monoisotopic (exact) mass is 416 g/mol. The van der Waals surface area contributed by atoms with Crippen molar-refractivity contribution in [3.63, 3.8) is 0 Å². The first kappa shape index (κ1) is 21.2. The number of amides is 3. The van der Waals surface area contributed by atoms with Crippen molar-refractivity contribution in [1.82, 2.24) is 29.8 Å². The molecule has 2 aliphatic carbocycles. The average molecular weight is 417 g/mol. The van der Waals surface area contributed by atoms with Crippen LogP contribution in [0.2, 0.25) is 0 Å². The minimum atomic E-state index is 0.00185. The minimum absolute atomic E-state index is 0.00185. The molecule has 4 rings (SSSR count). The van der Waals surface area contributed by atoms with Crippen molar-refractivity contribution in [2.24, 2.45) is 7.05 Å². The van der Waals surface area contributed by atoms with Crippen LogP contribution < -0.4 is 5.32 Å². The summed E-state index contributed by atoms with van der Waals surface area (Å²) >= 11 is 0. The second-order valence-electron chi connectivity index (χ2n) is 9.12. The van der Waals surface area contributed by atoms with E-state index in [1.807, 2.05) is 34.8 Å². The average Bonchev–Trinajstić information content (AvgIpc) is 3.16. The van der Waals surface area contributed by atoms with Gasteiger partial charge in [-0.15, -0.1) is 0 Å². The standard InChI is InChI=1S/C22H36N6O2/c1-25(17-7-4-3-5-8-17)21(29)16-27-11-13-28(14-12-27)22(30)24-19-9-6-10-20-18(19)15-23-26(20)2/h15,17,19H,3-14,16H2,1-2H3,(H,24,30). The predicted molar refractivity (Wildman–Crippen MR) is 115 cm³/mol. The number of hydrogen-bond acceptors (Lipinski definition) is 4. The van der Waals surface area contributed by atoms with E-state index in [0.717, 1.165) is 50.8 Å². The second kappa shape index (κ2) is 9.37. The van der Waals surface area contributed by atoms with Gasteiger partial charge in [0.1, 0.15) is 0 Å². The van der Waals surface area contributed by atoms with Crippen molar-refractivity contribution in [3.05, 3.63) is 17.5 Å². The van der Waals surface area contributed by atoms with E-state index in [0.29, 0.717) is 25.7 Å². The van der Waals surface area contributed by atoms with Gasteiger partial charge in [0, 0.05) is 57.6 Å². The summed E-state index contributed by atoms with van der Waals surface area (Å²) in [5.74, 6) is 0.214. The van der Waals surface area contributed by atoms with E-state index in [1.54, 1.807) is 0 Å². The van der Waals surface area contributed by atoms with Gasteiger partial charge in [0.15, 0.2) is 0 Å². The molecular weight excluding hydrogens is 380 g/mol. The van der Waals surface area contributed by atoms with E-state index in [1.165, 1.54) is 25.0 Å². The van der Waals surface area contributed by atoms with E-state index < -0.39 is 0 Å². The highest BCUT2D eigenvalue weighted by molar-refractivity contribution is 5.78.